The van der Waals surface area contributed by atoms with Crippen LogP contribution in [0.25, 0.3) is 10.2 Å². The summed E-state index contributed by atoms with van der Waals surface area (Å²) >= 11 is 2.75. The second kappa shape index (κ2) is 5.91. The third-order valence-corrected chi connectivity index (χ3v) is 4.12. The quantitative estimate of drug-likeness (QED) is 0.507. The minimum atomic E-state index is -0.329. The Bertz CT molecular complexity index is 647. The number of nitrogens with one attached hydrogen (secondary N) is 1. The molecule has 1 amide bonds. The molecule has 5 nitrogen and oxygen atoms in total. The van der Waals surface area contributed by atoms with Crippen LogP contribution >= 0.6 is 23.1 Å². The van der Waals surface area contributed by atoms with Gasteiger partial charge in [-0.2, -0.15) is 0 Å². The summed E-state index contributed by atoms with van der Waals surface area (Å²) in [5.41, 5.74) is 5.85. The first-order chi connectivity index (χ1) is 9.11. The normalized spacial score (nSPS) is 12.0. The van der Waals surface area contributed by atoms with Crippen LogP contribution in [-0.2, 0) is 4.79 Å². The molecule has 0 aliphatic rings. The molecule has 1 unspecified atom stereocenters. The van der Waals surface area contributed by atoms with Gasteiger partial charge < -0.3 is 11.1 Å². The van der Waals surface area contributed by atoms with E-state index in [1.54, 1.807) is 6.92 Å². The highest BCUT2D eigenvalue weighted by Gasteiger charge is 2.16. The molecule has 2 rings (SSSR count). The van der Waals surface area contributed by atoms with Crippen molar-refractivity contribution in [3.05, 3.63) is 11.4 Å². The molecule has 0 spiro atoms. The number of aromatic nitrogens is 2. The highest BCUT2D eigenvalue weighted by atomic mass is 32.2. The molecule has 0 saturated carbocycles. The Morgan fingerprint density at radius 3 is 3.21 bits per heavy atom. The summed E-state index contributed by atoms with van der Waals surface area (Å²) in [6, 6.07) is 1.88. The van der Waals surface area contributed by atoms with E-state index in [9.17, 15) is 4.79 Å². The van der Waals surface area contributed by atoms with Crippen LogP contribution in [0.1, 0.15) is 6.92 Å². The average molecular weight is 292 g/mol. The number of amides is 1. The Morgan fingerprint density at radius 1 is 1.68 bits per heavy atom. The summed E-state index contributed by atoms with van der Waals surface area (Å²) in [6.45, 7) is 1.99. The van der Waals surface area contributed by atoms with Crippen molar-refractivity contribution in [2.75, 3.05) is 12.3 Å². The summed E-state index contributed by atoms with van der Waals surface area (Å²) in [5.74, 6) is 2.65. The number of fused-ring (bicyclic) bond motifs is 1. The number of carbonyl (C=O) groups is 1. The number of nitrogens with zero attached hydrogens (tertiary/aromatic N) is 2. The van der Waals surface area contributed by atoms with Crippen LogP contribution in [0.4, 0.5) is 5.82 Å². The molecular formula is C12H12N4OS2. The van der Waals surface area contributed by atoms with Gasteiger partial charge in [-0.15, -0.1) is 17.8 Å². The molecular weight excluding hydrogens is 280 g/mol. The van der Waals surface area contributed by atoms with Crippen molar-refractivity contribution in [3.8, 4) is 12.3 Å². The Morgan fingerprint density at radius 2 is 2.47 bits per heavy atom. The first-order valence-electron chi connectivity index (χ1n) is 5.50. The summed E-state index contributed by atoms with van der Waals surface area (Å²) in [6.07, 6.45) is 5.09. The standard InChI is InChI=1S/C12H12N4OS2/c1-3-5-14-10(17)7(2)19-12-15-9(13)8-4-6-18-11(8)16-12/h1,4,6-7H,5H2,2H3,(H,14,17)(H2,13,15,16). The lowest BCUT2D eigenvalue weighted by atomic mass is 10.4. The van der Waals surface area contributed by atoms with Gasteiger partial charge in [0.1, 0.15) is 10.6 Å². The molecule has 0 fully saturated rings. The number of thiophene rings is 1. The highest BCUT2D eigenvalue weighted by molar-refractivity contribution is 8.00. The first-order valence-corrected chi connectivity index (χ1v) is 7.26. The number of terminal acetylenes is 1. The van der Waals surface area contributed by atoms with Crippen molar-refractivity contribution in [3.63, 3.8) is 0 Å². The van der Waals surface area contributed by atoms with E-state index >= 15 is 0 Å². The van der Waals surface area contributed by atoms with Gasteiger partial charge in [0.15, 0.2) is 5.16 Å². The van der Waals surface area contributed by atoms with Gasteiger partial charge in [-0.3, -0.25) is 4.79 Å². The highest BCUT2D eigenvalue weighted by Crippen LogP contribution is 2.27. The van der Waals surface area contributed by atoms with E-state index in [4.69, 9.17) is 12.2 Å². The molecule has 98 valence electrons. The summed E-state index contributed by atoms with van der Waals surface area (Å²) in [7, 11) is 0. The topological polar surface area (TPSA) is 80.9 Å². The van der Waals surface area contributed by atoms with E-state index in [1.165, 1.54) is 23.1 Å². The van der Waals surface area contributed by atoms with Crippen molar-refractivity contribution in [2.24, 2.45) is 0 Å². The van der Waals surface area contributed by atoms with Crippen LogP contribution in [0.2, 0.25) is 0 Å². The number of rotatable bonds is 4. The largest absolute Gasteiger partial charge is 0.383 e. The Kier molecular flexibility index (Phi) is 4.24. The predicted octanol–water partition coefficient (Wildman–Crippen LogP) is 1.50. The number of carbonyl (C=O) groups excluding carboxylic acids is 1. The second-order valence-electron chi connectivity index (χ2n) is 3.71. The summed E-state index contributed by atoms with van der Waals surface area (Å²) in [4.78, 5) is 21.1. The molecule has 0 bridgehead atoms. The van der Waals surface area contributed by atoms with E-state index in [-0.39, 0.29) is 17.7 Å². The van der Waals surface area contributed by atoms with Crippen molar-refractivity contribution < 1.29 is 4.79 Å². The molecule has 0 aliphatic heterocycles. The minimum absolute atomic E-state index is 0.142. The fraction of sp³-hybridized carbons (Fsp3) is 0.250. The average Bonchev–Trinajstić information content (AvgIpc) is 2.84. The smallest absolute Gasteiger partial charge is 0.234 e. The molecule has 3 N–H and O–H groups in total. The maximum absolute atomic E-state index is 11.7. The number of nitrogens with two attached hydrogens (primary N) is 1. The number of thioether (sulfide) groups is 1. The second-order valence-corrected chi connectivity index (χ2v) is 5.92. The molecule has 0 saturated heterocycles. The van der Waals surface area contributed by atoms with Crippen LogP contribution in [0.15, 0.2) is 16.6 Å². The summed E-state index contributed by atoms with van der Waals surface area (Å²) < 4.78 is 0. The van der Waals surface area contributed by atoms with Gasteiger partial charge in [-0.05, 0) is 18.4 Å². The van der Waals surface area contributed by atoms with Gasteiger partial charge >= 0.3 is 0 Å². The Hall–Kier alpha value is -1.78. The SMILES string of the molecule is C#CCNC(=O)C(C)Sc1nc(N)c2ccsc2n1. The Balaban J connectivity index is 2.12. The summed E-state index contributed by atoms with van der Waals surface area (Å²) in [5, 5.41) is 5.54. The fourth-order valence-electron chi connectivity index (χ4n) is 1.40. The number of nitrogen functional groups attached to an aromatic ring is 1. The van der Waals surface area contributed by atoms with Crippen LogP contribution in [-0.4, -0.2) is 27.7 Å². The van der Waals surface area contributed by atoms with E-state index in [0.29, 0.717) is 11.0 Å². The molecule has 2 heterocycles. The molecule has 2 aromatic heterocycles. The molecule has 0 aromatic carbocycles. The van der Waals surface area contributed by atoms with E-state index in [1.807, 2.05) is 11.4 Å². The van der Waals surface area contributed by atoms with Crippen molar-refractivity contribution in [1.29, 1.82) is 0 Å². The Labute approximate surface area is 119 Å². The van der Waals surface area contributed by atoms with E-state index < -0.39 is 0 Å². The maximum atomic E-state index is 11.7. The van der Waals surface area contributed by atoms with Gasteiger partial charge in [-0.25, -0.2) is 9.97 Å². The van der Waals surface area contributed by atoms with Crippen LogP contribution < -0.4 is 11.1 Å². The van der Waals surface area contributed by atoms with Crippen LogP contribution in [0.5, 0.6) is 0 Å². The van der Waals surface area contributed by atoms with Crippen LogP contribution in [0.3, 0.4) is 0 Å². The lowest BCUT2D eigenvalue weighted by Crippen LogP contribution is -2.31. The molecule has 2 aromatic rings. The number of anilines is 1. The van der Waals surface area contributed by atoms with Gasteiger partial charge in [-0.1, -0.05) is 17.7 Å². The molecule has 7 heteroatoms. The number of hydrogen-bond acceptors (Lipinski definition) is 6. The van der Waals surface area contributed by atoms with Gasteiger partial charge in [0, 0.05) is 0 Å². The van der Waals surface area contributed by atoms with Crippen LogP contribution in [0, 0.1) is 12.3 Å². The number of hydrogen-bond donors (Lipinski definition) is 2. The van der Waals surface area contributed by atoms with E-state index in [0.717, 1.165) is 10.2 Å². The van der Waals surface area contributed by atoms with Gasteiger partial charge in [0.05, 0.1) is 17.2 Å². The molecule has 19 heavy (non-hydrogen) atoms. The zero-order valence-electron chi connectivity index (χ0n) is 10.2. The lowest BCUT2D eigenvalue weighted by molar-refractivity contribution is -0.120. The van der Waals surface area contributed by atoms with E-state index in [2.05, 4.69) is 21.2 Å². The van der Waals surface area contributed by atoms with Crippen molar-refractivity contribution in [1.82, 2.24) is 15.3 Å². The molecule has 0 radical (unpaired) electrons. The third kappa shape index (κ3) is 3.16. The molecule has 1 atom stereocenters. The zero-order chi connectivity index (χ0) is 13.8. The minimum Gasteiger partial charge on any atom is -0.383 e. The third-order valence-electron chi connectivity index (χ3n) is 2.35. The van der Waals surface area contributed by atoms with Crippen molar-refractivity contribution in [2.45, 2.75) is 17.3 Å². The molecule has 0 aliphatic carbocycles. The zero-order valence-corrected chi connectivity index (χ0v) is 11.8. The predicted molar refractivity (Wildman–Crippen MR) is 79.0 cm³/mol. The maximum Gasteiger partial charge on any atom is 0.234 e. The van der Waals surface area contributed by atoms with Gasteiger partial charge in [0.2, 0.25) is 5.91 Å². The first kappa shape index (κ1) is 13.6. The van der Waals surface area contributed by atoms with Gasteiger partial charge in [0.25, 0.3) is 0 Å². The fourth-order valence-corrected chi connectivity index (χ4v) is 3.04. The lowest BCUT2D eigenvalue weighted by Gasteiger charge is -2.09. The van der Waals surface area contributed by atoms with Crippen molar-refractivity contribution >= 4 is 45.0 Å². The monoisotopic (exact) mass is 292 g/mol.